The summed E-state index contributed by atoms with van der Waals surface area (Å²) in [4.78, 5) is 53.0. The summed E-state index contributed by atoms with van der Waals surface area (Å²) < 4.78 is 14.7. The number of H-pyrrole nitrogens is 1. The van der Waals surface area contributed by atoms with Crippen LogP contribution in [0.25, 0.3) is 10.9 Å². The molecule has 2 aliphatic rings. The zero-order valence-corrected chi connectivity index (χ0v) is 20.0. The van der Waals surface area contributed by atoms with E-state index in [1.54, 1.807) is 0 Å². The topological polar surface area (TPSA) is 146 Å². The molecule has 1 aromatic carbocycles. The first-order valence-electron chi connectivity index (χ1n) is 11.4. The minimum atomic E-state index is -1.03. The number of hydrogen-bond donors (Lipinski definition) is 5. The molecule has 3 unspecified atom stereocenters. The molecule has 2 fully saturated rings. The van der Waals surface area contributed by atoms with Crippen LogP contribution in [0.15, 0.2) is 22.7 Å². The van der Waals surface area contributed by atoms with Gasteiger partial charge in [-0.15, -0.1) is 0 Å². The highest BCUT2D eigenvalue weighted by molar-refractivity contribution is 9.10. The van der Waals surface area contributed by atoms with Gasteiger partial charge in [0, 0.05) is 22.3 Å². The molecule has 182 valence electrons. The fourth-order valence-corrected chi connectivity index (χ4v) is 4.74. The molecule has 11 heteroatoms. The molecule has 1 saturated heterocycles. The Morgan fingerprint density at radius 2 is 1.91 bits per heavy atom. The molecule has 9 nitrogen and oxygen atoms in total. The molecule has 1 aliphatic heterocycles. The predicted octanol–water partition coefficient (Wildman–Crippen LogP) is 1.85. The second kappa shape index (κ2) is 10.1. The van der Waals surface area contributed by atoms with Crippen molar-refractivity contribution in [2.24, 2.45) is 17.6 Å². The Labute approximate surface area is 203 Å². The quantitative estimate of drug-likeness (QED) is 0.333. The Hall–Kier alpha value is -2.95. The van der Waals surface area contributed by atoms with E-state index < -0.39 is 41.5 Å². The average molecular weight is 536 g/mol. The van der Waals surface area contributed by atoms with Crippen molar-refractivity contribution >= 4 is 50.5 Å². The van der Waals surface area contributed by atoms with Gasteiger partial charge in [0.1, 0.15) is 23.6 Å². The standard InChI is InChI=1S/C23H27BrFN5O4/c24-14-5-6-15(25)13-10-18(28-19(13)14)23(34)30-17(8-11-3-4-11)22(33)29-16(20(26)31)9-12-2-1-7-27-21(12)32/h5-6,10-12,16-17,28H,1-4,7-9H2,(H2,26,31)(H,27,32)(H,29,33)(H,30,34). The first-order chi connectivity index (χ1) is 16.2. The third-order valence-electron chi connectivity index (χ3n) is 6.40. The number of rotatable bonds is 9. The SMILES string of the molecule is NC(=O)C(CC1CCCNC1=O)NC(=O)C(CC1CC1)NC(=O)c1cc2c(F)ccc(Br)c2[nH]1. The zero-order valence-electron chi connectivity index (χ0n) is 18.5. The molecule has 0 radical (unpaired) electrons. The number of nitrogens with one attached hydrogen (secondary N) is 4. The first-order valence-corrected chi connectivity index (χ1v) is 12.2. The van der Waals surface area contributed by atoms with Crippen LogP contribution in [-0.2, 0) is 14.4 Å². The molecular formula is C23H27BrFN5O4. The first kappa shape index (κ1) is 24.2. The van der Waals surface area contributed by atoms with Gasteiger partial charge in [-0.25, -0.2) is 4.39 Å². The Bertz CT molecular complexity index is 1090. The highest BCUT2D eigenvalue weighted by Crippen LogP contribution is 2.34. The van der Waals surface area contributed by atoms with Crippen LogP contribution in [0.1, 0.15) is 49.0 Å². The molecule has 34 heavy (non-hydrogen) atoms. The van der Waals surface area contributed by atoms with Crippen molar-refractivity contribution in [1.82, 2.24) is 20.9 Å². The van der Waals surface area contributed by atoms with E-state index >= 15 is 0 Å². The number of primary amides is 1. The molecule has 0 bridgehead atoms. The van der Waals surface area contributed by atoms with Gasteiger partial charge in [0.25, 0.3) is 5.91 Å². The molecule has 1 saturated carbocycles. The van der Waals surface area contributed by atoms with Crippen molar-refractivity contribution in [2.45, 2.75) is 50.6 Å². The van der Waals surface area contributed by atoms with Crippen LogP contribution in [-0.4, -0.2) is 47.2 Å². The Morgan fingerprint density at radius 3 is 2.56 bits per heavy atom. The molecule has 3 atom stereocenters. The number of aromatic amines is 1. The number of aromatic nitrogens is 1. The van der Waals surface area contributed by atoms with E-state index in [9.17, 15) is 23.6 Å². The third kappa shape index (κ3) is 5.57. The fourth-order valence-electron chi connectivity index (χ4n) is 4.29. The summed E-state index contributed by atoms with van der Waals surface area (Å²) in [5, 5.41) is 8.35. The Balaban J connectivity index is 1.47. The summed E-state index contributed by atoms with van der Waals surface area (Å²) in [7, 11) is 0. The van der Waals surface area contributed by atoms with Gasteiger partial charge in [-0.1, -0.05) is 12.8 Å². The van der Waals surface area contributed by atoms with Crippen molar-refractivity contribution in [3.05, 3.63) is 34.2 Å². The molecule has 6 N–H and O–H groups in total. The molecule has 2 aromatic rings. The smallest absolute Gasteiger partial charge is 0.268 e. The number of piperidine rings is 1. The normalized spacial score (nSPS) is 19.8. The van der Waals surface area contributed by atoms with Crippen LogP contribution < -0.4 is 21.7 Å². The van der Waals surface area contributed by atoms with Gasteiger partial charge in [0.2, 0.25) is 17.7 Å². The number of carbonyl (C=O) groups is 4. The molecule has 1 aliphatic carbocycles. The molecule has 4 amide bonds. The van der Waals surface area contributed by atoms with Crippen LogP contribution in [0.2, 0.25) is 0 Å². The zero-order chi connectivity index (χ0) is 24.4. The van der Waals surface area contributed by atoms with E-state index in [0.29, 0.717) is 35.3 Å². The van der Waals surface area contributed by atoms with Crippen LogP contribution in [0.5, 0.6) is 0 Å². The van der Waals surface area contributed by atoms with E-state index in [0.717, 1.165) is 19.3 Å². The number of hydrogen-bond acceptors (Lipinski definition) is 4. The van der Waals surface area contributed by atoms with Crippen LogP contribution in [0.3, 0.4) is 0 Å². The monoisotopic (exact) mass is 535 g/mol. The second-order valence-electron chi connectivity index (χ2n) is 9.04. The van der Waals surface area contributed by atoms with Crippen molar-refractivity contribution in [2.75, 3.05) is 6.54 Å². The average Bonchev–Trinajstić information content (AvgIpc) is 3.49. The lowest BCUT2D eigenvalue weighted by molar-refractivity contribution is -0.131. The minimum Gasteiger partial charge on any atom is -0.368 e. The second-order valence-corrected chi connectivity index (χ2v) is 9.89. The van der Waals surface area contributed by atoms with Gasteiger partial charge >= 0.3 is 0 Å². The van der Waals surface area contributed by atoms with Crippen LogP contribution in [0.4, 0.5) is 4.39 Å². The summed E-state index contributed by atoms with van der Waals surface area (Å²) in [5.74, 6) is -2.60. The van der Waals surface area contributed by atoms with Crippen molar-refractivity contribution in [3.8, 4) is 0 Å². The van der Waals surface area contributed by atoms with Gasteiger partial charge in [-0.3, -0.25) is 19.2 Å². The highest BCUT2D eigenvalue weighted by Gasteiger charge is 2.34. The Kier molecular flexibility index (Phi) is 7.20. The number of fused-ring (bicyclic) bond motifs is 1. The number of amides is 4. The summed E-state index contributed by atoms with van der Waals surface area (Å²) in [5.41, 5.74) is 6.06. The maximum atomic E-state index is 14.1. The minimum absolute atomic E-state index is 0.103. The molecule has 0 spiro atoms. The predicted molar refractivity (Wildman–Crippen MR) is 126 cm³/mol. The lowest BCUT2D eigenvalue weighted by Gasteiger charge is -2.27. The summed E-state index contributed by atoms with van der Waals surface area (Å²) >= 11 is 3.33. The van der Waals surface area contributed by atoms with Gasteiger partial charge in [0.05, 0.1) is 5.52 Å². The fraction of sp³-hybridized carbons (Fsp3) is 0.478. The highest BCUT2D eigenvalue weighted by atomic mass is 79.9. The molecule has 2 heterocycles. The lowest BCUT2D eigenvalue weighted by atomic mass is 9.91. The van der Waals surface area contributed by atoms with E-state index in [4.69, 9.17) is 5.73 Å². The Morgan fingerprint density at radius 1 is 1.15 bits per heavy atom. The van der Waals surface area contributed by atoms with Gasteiger partial charge in [0.15, 0.2) is 0 Å². The summed E-state index contributed by atoms with van der Waals surface area (Å²) in [6, 6.07) is 2.29. The van der Waals surface area contributed by atoms with Crippen molar-refractivity contribution < 1.29 is 23.6 Å². The van der Waals surface area contributed by atoms with E-state index in [2.05, 4.69) is 36.9 Å². The number of nitrogens with two attached hydrogens (primary N) is 1. The maximum absolute atomic E-state index is 14.1. The van der Waals surface area contributed by atoms with Gasteiger partial charge < -0.3 is 26.7 Å². The largest absolute Gasteiger partial charge is 0.368 e. The molecule has 4 rings (SSSR count). The molecule has 1 aromatic heterocycles. The third-order valence-corrected chi connectivity index (χ3v) is 7.06. The number of halogens is 2. The van der Waals surface area contributed by atoms with E-state index in [1.165, 1.54) is 18.2 Å². The van der Waals surface area contributed by atoms with Crippen LogP contribution >= 0.6 is 15.9 Å². The maximum Gasteiger partial charge on any atom is 0.268 e. The van der Waals surface area contributed by atoms with E-state index in [1.807, 2.05) is 0 Å². The van der Waals surface area contributed by atoms with E-state index in [-0.39, 0.29) is 23.4 Å². The van der Waals surface area contributed by atoms with Gasteiger partial charge in [-0.2, -0.15) is 0 Å². The van der Waals surface area contributed by atoms with Gasteiger partial charge in [-0.05, 0) is 65.7 Å². The van der Waals surface area contributed by atoms with Crippen molar-refractivity contribution in [3.63, 3.8) is 0 Å². The summed E-state index contributed by atoms with van der Waals surface area (Å²) in [6.45, 7) is 0.590. The molecular weight excluding hydrogens is 509 g/mol. The lowest BCUT2D eigenvalue weighted by Crippen LogP contribution is -2.54. The van der Waals surface area contributed by atoms with Crippen LogP contribution in [0, 0.1) is 17.7 Å². The summed E-state index contributed by atoms with van der Waals surface area (Å²) in [6.07, 6.45) is 3.81. The number of benzene rings is 1. The number of carbonyl (C=O) groups excluding carboxylic acids is 4. The van der Waals surface area contributed by atoms with Crippen molar-refractivity contribution in [1.29, 1.82) is 0 Å².